The molecule has 1 aromatic carbocycles. The molecule has 0 fully saturated rings. The van der Waals surface area contributed by atoms with Gasteiger partial charge in [-0.3, -0.25) is 4.57 Å². The number of rotatable bonds is 9. The Labute approximate surface area is 180 Å². The molecule has 0 aliphatic heterocycles. The van der Waals surface area contributed by atoms with Gasteiger partial charge >= 0.3 is 7.60 Å². The Morgan fingerprint density at radius 2 is 1.94 bits per heavy atom. The number of aromatic nitrogens is 3. The maximum atomic E-state index is 10.8. The molecule has 2 aromatic heterocycles. The van der Waals surface area contributed by atoms with E-state index in [-0.39, 0.29) is 31.4 Å². The number of benzene rings is 1. The number of nitrogens with two attached hydrogens (primary N) is 1. The Balaban J connectivity index is 1.84. The van der Waals surface area contributed by atoms with Gasteiger partial charge in [0.25, 0.3) is 0 Å². The number of ether oxygens (including phenoxy) is 2. The summed E-state index contributed by atoms with van der Waals surface area (Å²) in [5.41, 5.74) is 8.54. The average molecular weight is 451 g/mol. The molecular formula is C20H30N5O5P. The normalized spacial score (nSPS) is 12.6. The van der Waals surface area contributed by atoms with Gasteiger partial charge in [0.05, 0.1) is 30.4 Å². The number of pyridine rings is 1. The summed E-state index contributed by atoms with van der Waals surface area (Å²) in [5, 5.41) is 4.07. The molecule has 3 aromatic rings. The van der Waals surface area contributed by atoms with Crippen molar-refractivity contribution in [2.45, 2.75) is 27.3 Å². The summed E-state index contributed by atoms with van der Waals surface area (Å²) in [5.74, 6) is 1.69. The Hall–Kier alpha value is -2.39. The van der Waals surface area contributed by atoms with Crippen molar-refractivity contribution in [2.24, 2.45) is 5.41 Å². The van der Waals surface area contributed by atoms with E-state index in [4.69, 9.17) is 25.0 Å². The van der Waals surface area contributed by atoms with Crippen molar-refractivity contribution in [3.05, 3.63) is 18.2 Å². The molecule has 0 bridgehead atoms. The minimum Gasteiger partial charge on any atom is -0.491 e. The van der Waals surface area contributed by atoms with E-state index in [1.165, 1.54) is 0 Å². The standard InChI is InChI=1S/C20H30N5O5P/c1-20(2,3)12-25-17-14-6-5-13(30-8-7-29-9-10-31(26,27)28)11-15(14)23-18(21)16(17)24-19(25)22-4/h5-6,11H,7-10,12H2,1-4H3,(H2,21,23)(H,22,24)(H2,26,27,28). The second-order valence-corrected chi connectivity index (χ2v) is 10.3. The van der Waals surface area contributed by atoms with Crippen LogP contribution < -0.4 is 15.8 Å². The van der Waals surface area contributed by atoms with Crippen LogP contribution in [0.5, 0.6) is 5.75 Å². The van der Waals surface area contributed by atoms with Crippen LogP contribution in [0.1, 0.15) is 20.8 Å². The largest absolute Gasteiger partial charge is 0.491 e. The molecule has 0 spiro atoms. The highest BCUT2D eigenvalue weighted by Gasteiger charge is 2.21. The van der Waals surface area contributed by atoms with Crippen molar-refractivity contribution >= 4 is 41.3 Å². The number of nitrogens with zero attached hydrogens (tertiary/aromatic N) is 3. The first-order valence-corrected chi connectivity index (χ1v) is 11.8. The molecule has 3 rings (SSSR count). The van der Waals surface area contributed by atoms with Crippen LogP contribution in [-0.4, -0.2) is 57.4 Å². The molecule has 0 amide bonds. The lowest BCUT2D eigenvalue weighted by molar-refractivity contribution is 0.109. The van der Waals surface area contributed by atoms with Crippen molar-refractivity contribution in [2.75, 3.05) is 44.1 Å². The van der Waals surface area contributed by atoms with E-state index in [0.29, 0.717) is 22.6 Å². The number of fused-ring (bicyclic) bond motifs is 3. The highest BCUT2D eigenvalue weighted by atomic mass is 31.2. The number of hydrogen-bond donors (Lipinski definition) is 4. The van der Waals surface area contributed by atoms with E-state index >= 15 is 0 Å². The van der Waals surface area contributed by atoms with Crippen LogP contribution in [0.4, 0.5) is 11.8 Å². The van der Waals surface area contributed by atoms with Crippen molar-refractivity contribution in [3.8, 4) is 5.75 Å². The van der Waals surface area contributed by atoms with Gasteiger partial charge in [-0.25, -0.2) is 9.97 Å². The third-order valence-corrected chi connectivity index (χ3v) is 5.32. The molecular weight excluding hydrogens is 421 g/mol. The fourth-order valence-corrected chi connectivity index (χ4v) is 3.67. The Morgan fingerprint density at radius 1 is 1.19 bits per heavy atom. The predicted molar refractivity (Wildman–Crippen MR) is 122 cm³/mol. The Morgan fingerprint density at radius 3 is 2.58 bits per heavy atom. The van der Waals surface area contributed by atoms with E-state index in [0.717, 1.165) is 23.4 Å². The first kappa shape index (κ1) is 23.3. The highest BCUT2D eigenvalue weighted by Crippen LogP contribution is 2.34. The summed E-state index contributed by atoms with van der Waals surface area (Å²) in [6.45, 7) is 7.69. The maximum absolute atomic E-state index is 10.8. The number of nitrogens with one attached hydrogen (secondary N) is 1. The summed E-state index contributed by atoms with van der Waals surface area (Å²) in [7, 11) is -2.21. The zero-order valence-electron chi connectivity index (χ0n) is 18.3. The fourth-order valence-electron chi connectivity index (χ4n) is 3.30. The summed E-state index contributed by atoms with van der Waals surface area (Å²) < 4.78 is 23.8. The smallest absolute Gasteiger partial charge is 0.327 e. The van der Waals surface area contributed by atoms with Gasteiger partial charge in [0, 0.05) is 25.0 Å². The number of hydrogen-bond acceptors (Lipinski definition) is 7. The van der Waals surface area contributed by atoms with E-state index in [1.807, 2.05) is 25.2 Å². The zero-order valence-corrected chi connectivity index (χ0v) is 19.1. The summed E-state index contributed by atoms with van der Waals surface area (Å²) >= 11 is 0. The molecule has 0 aliphatic rings. The van der Waals surface area contributed by atoms with Crippen LogP contribution in [0.2, 0.25) is 0 Å². The molecule has 31 heavy (non-hydrogen) atoms. The van der Waals surface area contributed by atoms with Crippen LogP contribution >= 0.6 is 7.60 Å². The van der Waals surface area contributed by atoms with Gasteiger partial charge in [-0.05, 0) is 17.5 Å². The molecule has 170 valence electrons. The zero-order chi connectivity index (χ0) is 22.8. The summed E-state index contributed by atoms with van der Waals surface area (Å²) in [6.07, 6.45) is -0.307. The molecule has 10 nitrogen and oxygen atoms in total. The average Bonchev–Trinajstić information content (AvgIpc) is 3.01. The lowest BCUT2D eigenvalue weighted by atomic mass is 9.96. The van der Waals surface area contributed by atoms with Crippen LogP contribution in [-0.2, 0) is 15.8 Å². The quantitative estimate of drug-likeness (QED) is 0.285. The van der Waals surface area contributed by atoms with Gasteiger partial charge in [-0.1, -0.05) is 20.8 Å². The van der Waals surface area contributed by atoms with Gasteiger partial charge < -0.3 is 34.9 Å². The molecule has 0 atom stereocenters. The number of imidazole rings is 1. The highest BCUT2D eigenvalue weighted by molar-refractivity contribution is 7.51. The van der Waals surface area contributed by atoms with Gasteiger partial charge in [0.1, 0.15) is 17.9 Å². The van der Waals surface area contributed by atoms with Crippen molar-refractivity contribution < 1.29 is 23.8 Å². The Kier molecular flexibility index (Phi) is 6.76. The summed E-state index contributed by atoms with van der Waals surface area (Å²) in [4.78, 5) is 26.8. The molecule has 0 saturated carbocycles. The minimum atomic E-state index is -4.04. The van der Waals surface area contributed by atoms with Crippen molar-refractivity contribution in [1.82, 2.24) is 14.5 Å². The van der Waals surface area contributed by atoms with E-state index in [1.54, 1.807) is 0 Å². The van der Waals surface area contributed by atoms with Crippen molar-refractivity contribution in [1.29, 1.82) is 0 Å². The monoisotopic (exact) mass is 451 g/mol. The van der Waals surface area contributed by atoms with E-state index < -0.39 is 7.60 Å². The van der Waals surface area contributed by atoms with Gasteiger partial charge in [-0.15, -0.1) is 0 Å². The maximum Gasteiger partial charge on any atom is 0.327 e. The molecule has 5 N–H and O–H groups in total. The van der Waals surface area contributed by atoms with E-state index in [9.17, 15) is 4.57 Å². The number of anilines is 2. The SMILES string of the molecule is CNc1nc2c(N)nc3cc(OCCOCCP(=O)(O)O)ccc3c2n1CC(C)(C)C. The Bertz CT molecular complexity index is 1120. The van der Waals surface area contributed by atoms with Gasteiger partial charge in [-0.2, -0.15) is 0 Å². The molecule has 0 radical (unpaired) electrons. The van der Waals surface area contributed by atoms with Crippen LogP contribution in [0.15, 0.2) is 18.2 Å². The third-order valence-electron chi connectivity index (χ3n) is 4.55. The third kappa shape index (κ3) is 5.86. The molecule has 11 heteroatoms. The van der Waals surface area contributed by atoms with Gasteiger partial charge in [0.15, 0.2) is 5.82 Å². The second-order valence-electron chi connectivity index (χ2n) is 8.55. The molecule has 0 saturated heterocycles. The predicted octanol–water partition coefficient (Wildman–Crippen LogP) is 2.83. The molecule has 0 aliphatic carbocycles. The second kappa shape index (κ2) is 9.00. The lowest BCUT2D eigenvalue weighted by Crippen LogP contribution is -2.17. The molecule has 0 unspecified atom stereocenters. The summed E-state index contributed by atoms with van der Waals surface area (Å²) in [6, 6.07) is 5.60. The topological polar surface area (TPSA) is 145 Å². The van der Waals surface area contributed by atoms with Crippen LogP contribution in [0.3, 0.4) is 0 Å². The van der Waals surface area contributed by atoms with Crippen molar-refractivity contribution in [3.63, 3.8) is 0 Å². The van der Waals surface area contributed by atoms with Crippen LogP contribution in [0, 0.1) is 5.41 Å². The fraction of sp³-hybridized carbons (Fsp3) is 0.500. The minimum absolute atomic E-state index is 0.0208. The lowest BCUT2D eigenvalue weighted by Gasteiger charge is -2.21. The first-order chi connectivity index (χ1) is 14.5. The first-order valence-electron chi connectivity index (χ1n) is 10.0. The number of nitrogen functional groups attached to an aromatic ring is 1. The van der Waals surface area contributed by atoms with Crippen LogP contribution in [0.25, 0.3) is 21.9 Å². The van der Waals surface area contributed by atoms with Gasteiger partial charge in [0.2, 0.25) is 5.95 Å². The van der Waals surface area contributed by atoms with E-state index in [2.05, 4.69) is 40.6 Å². The molecule has 2 heterocycles.